The van der Waals surface area contributed by atoms with Gasteiger partial charge in [-0.3, -0.25) is 9.69 Å². The number of aromatic nitrogens is 1. The van der Waals surface area contributed by atoms with E-state index in [9.17, 15) is 9.59 Å². The summed E-state index contributed by atoms with van der Waals surface area (Å²) >= 11 is 0. The summed E-state index contributed by atoms with van der Waals surface area (Å²) in [6.07, 6.45) is 4.35. The molecule has 4 rings (SSSR count). The van der Waals surface area contributed by atoms with Gasteiger partial charge in [0.25, 0.3) is 5.91 Å². The van der Waals surface area contributed by atoms with Crippen LogP contribution in [0.5, 0.6) is 0 Å². The van der Waals surface area contributed by atoms with E-state index in [1.165, 1.54) is 12.8 Å². The van der Waals surface area contributed by atoms with Gasteiger partial charge in [0.15, 0.2) is 0 Å². The Morgan fingerprint density at radius 1 is 1.19 bits per heavy atom. The Labute approximate surface area is 157 Å². The van der Waals surface area contributed by atoms with E-state index in [1.54, 1.807) is 18.2 Å². The number of amides is 1. The van der Waals surface area contributed by atoms with Crippen LogP contribution in [0.2, 0.25) is 0 Å². The second kappa shape index (κ2) is 7.40. The van der Waals surface area contributed by atoms with E-state index in [4.69, 9.17) is 4.42 Å². The molecule has 6 heteroatoms. The molecule has 2 aromatic heterocycles. The number of rotatable bonds is 5. The molecule has 1 aromatic carbocycles. The average molecular weight is 365 g/mol. The zero-order valence-electron chi connectivity index (χ0n) is 15.4. The van der Waals surface area contributed by atoms with E-state index in [0.717, 1.165) is 24.2 Å². The largest absolute Gasteiger partial charge is 0.422 e. The van der Waals surface area contributed by atoms with Gasteiger partial charge < -0.3 is 14.3 Å². The molecule has 0 aliphatic carbocycles. The van der Waals surface area contributed by atoms with Gasteiger partial charge in [0.2, 0.25) is 0 Å². The van der Waals surface area contributed by atoms with Crippen LogP contribution < -0.4 is 10.9 Å². The zero-order valence-corrected chi connectivity index (χ0v) is 15.4. The topological polar surface area (TPSA) is 67.5 Å². The SMILES string of the molecule is Cn1cccc1[C@H](CNC(=O)c1cc2ccccc2oc1=O)N1CCCC1. The highest BCUT2D eigenvalue weighted by molar-refractivity contribution is 5.96. The predicted molar refractivity (Wildman–Crippen MR) is 104 cm³/mol. The predicted octanol–water partition coefficient (Wildman–Crippen LogP) is 2.70. The monoisotopic (exact) mass is 365 g/mol. The molecule has 0 radical (unpaired) electrons. The summed E-state index contributed by atoms with van der Waals surface area (Å²) in [4.78, 5) is 27.3. The van der Waals surface area contributed by atoms with Gasteiger partial charge in [0.1, 0.15) is 11.1 Å². The lowest BCUT2D eigenvalue weighted by Crippen LogP contribution is -2.38. The summed E-state index contributed by atoms with van der Waals surface area (Å²) in [6, 6.07) is 13.0. The van der Waals surface area contributed by atoms with Gasteiger partial charge in [-0.25, -0.2) is 4.79 Å². The van der Waals surface area contributed by atoms with Gasteiger partial charge in [-0.2, -0.15) is 0 Å². The fourth-order valence-electron chi connectivity index (χ4n) is 3.80. The van der Waals surface area contributed by atoms with Gasteiger partial charge in [-0.1, -0.05) is 18.2 Å². The molecular weight excluding hydrogens is 342 g/mol. The Morgan fingerprint density at radius 3 is 2.70 bits per heavy atom. The van der Waals surface area contributed by atoms with Crippen LogP contribution >= 0.6 is 0 Å². The molecule has 0 saturated carbocycles. The molecule has 1 saturated heterocycles. The number of aryl methyl sites for hydroxylation is 1. The Bertz CT molecular complexity index is 1010. The molecule has 1 fully saturated rings. The maximum absolute atomic E-state index is 12.7. The van der Waals surface area contributed by atoms with Crippen LogP contribution in [0.3, 0.4) is 0 Å². The average Bonchev–Trinajstić information content (AvgIpc) is 3.34. The molecule has 1 N–H and O–H groups in total. The van der Waals surface area contributed by atoms with Crippen molar-refractivity contribution in [2.24, 2.45) is 7.05 Å². The minimum atomic E-state index is -0.609. The molecule has 0 spiro atoms. The normalized spacial score (nSPS) is 15.9. The third-order valence-corrected chi connectivity index (χ3v) is 5.25. The molecule has 140 valence electrons. The van der Waals surface area contributed by atoms with Crippen molar-refractivity contribution in [3.63, 3.8) is 0 Å². The Balaban J connectivity index is 1.55. The lowest BCUT2D eigenvalue weighted by atomic mass is 10.1. The van der Waals surface area contributed by atoms with Crippen LogP contribution in [0.15, 0.2) is 57.9 Å². The summed E-state index contributed by atoms with van der Waals surface area (Å²) in [5.41, 5.74) is 1.07. The standard InChI is InChI=1S/C21H23N3O3/c1-23-10-6-8-17(23)18(24-11-4-5-12-24)14-22-20(25)16-13-15-7-2-3-9-19(15)27-21(16)26/h2-3,6-10,13,18H,4-5,11-12,14H2,1H3,(H,22,25)/t18-/m0/s1. The van der Waals surface area contributed by atoms with Crippen molar-refractivity contribution in [1.82, 2.24) is 14.8 Å². The van der Waals surface area contributed by atoms with E-state index in [2.05, 4.69) is 20.9 Å². The number of hydrogen-bond acceptors (Lipinski definition) is 4. The van der Waals surface area contributed by atoms with Gasteiger partial charge in [-0.15, -0.1) is 0 Å². The Morgan fingerprint density at radius 2 is 1.96 bits per heavy atom. The highest BCUT2D eigenvalue weighted by Crippen LogP contribution is 2.24. The zero-order chi connectivity index (χ0) is 18.8. The molecule has 0 bridgehead atoms. The second-order valence-corrected chi connectivity index (χ2v) is 7.00. The van der Waals surface area contributed by atoms with Crippen LogP contribution in [0.1, 0.15) is 34.9 Å². The minimum absolute atomic E-state index is 0.0424. The highest BCUT2D eigenvalue weighted by atomic mass is 16.4. The first-order chi connectivity index (χ1) is 13.1. The number of likely N-dealkylation sites (tertiary alicyclic amines) is 1. The summed E-state index contributed by atoms with van der Waals surface area (Å²) < 4.78 is 7.36. The molecule has 27 heavy (non-hydrogen) atoms. The van der Waals surface area contributed by atoms with Crippen molar-refractivity contribution in [2.75, 3.05) is 19.6 Å². The second-order valence-electron chi connectivity index (χ2n) is 7.00. The van der Waals surface area contributed by atoms with Crippen molar-refractivity contribution in [1.29, 1.82) is 0 Å². The smallest absolute Gasteiger partial charge is 0.349 e. The lowest BCUT2D eigenvalue weighted by Gasteiger charge is -2.28. The van der Waals surface area contributed by atoms with Crippen LogP contribution in [0, 0.1) is 0 Å². The Kier molecular flexibility index (Phi) is 4.81. The van der Waals surface area contributed by atoms with Gasteiger partial charge >= 0.3 is 5.63 Å². The number of benzene rings is 1. The van der Waals surface area contributed by atoms with Crippen LogP contribution in [0.25, 0.3) is 11.0 Å². The number of carbonyl (C=O) groups is 1. The Hall–Kier alpha value is -2.86. The fourth-order valence-corrected chi connectivity index (χ4v) is 3.80. The van der Waals surface area contributed by atoms with Crippen molar-refractivity contribution in [3.05, 3.63) is 70.3 Å². The fraction of sp³-hybridized carbons (Fsp3) is 0.333. The number of nitrogens with zero attached hydrogens (tertiary/aromatic N) is 2. The molecule has 0 unspecified atom stereocenters. The summed E-state index contributed by atoms with van der Waals surface area (Å²) in [7, 11) is 2.01. The van der Waals surface area contributed by atoms with Crippen molar-refractivity contribution in [3.8, 4) is 0 Å². The molecule has 1 amide bonds. The molecular formula is C21H23N3O3. The van der Waals surface area contributed by atoms with Crippen LogP contribution in [0.4, 0.5) is 0 Å². The van der Waals surface area contributed by atoms with E-state index < -0.39 is 11.5 Å². The van der Waals surface area contributed by atoms with Crippen molar-refractivity contribution < 1.29 is 9.21 Å². The van der Waals surface area contributed by atoms with Gasteiger partial charge in [0, 0.05) is 30.9 Å². The van der Waals surface area contributed by atoms with Crippen LogP contribution in [-0.4, -0.2) is 35.0 Å². The van der Waals surface area contributed by atoms with Crippen molar-refractivity contribution >= 4 is 16.9 Å². The number of para-hydroxylation sites is 1. The maximum atomic E-state index is 12.7. The number of nitrogens with one attached hydrogen (secondary N) is 1. The number of fused-ring (bicyclic) bond motifs is 1. The maximum Gasteiger partial charge on any atom is 0.349 e. The quantitative estimate of drug-likeness (QED) is 0.706. The molecule has 6 nitrogen and oxygen atoms in total. The first-order valence-corrected chi connectivity index (χ1v) is 9.30. The molecule has 3 heterocycles. The lowest BCUT2D eigenvalue weighted by molar-refractivity contribution is 0.0933. The van der Waals surface area contributed by atoms with E-state index >= 15 is 0 Å². The van der Waals surface area contributed by atoms with Crippen molar-refractivity contribution in [2.45, 2.75) is 18.9 Å². The molecule has 1 aliphatic heterocycles. The van der Waals surface area contributed by atoms with Gasteiger partial charge in [0.05, 0.1) is 6.04 Å². The third-order valence-electron chi connectivity index (χ3n) is 5.25. The first-order valence-electron chi connectivity index (χ1n) is 9.30. The first kappa shape index (κ1) is 17.5. The molecule has 1 aliphatic rings. The third kappa shape index (κ3) is 3.53. The van der Waals surface area contributed by atoms with E-state index in [-0.39, 0.29) is 11.6 Å². The molecule has 3 aromatic rings. The summed E-state index contributed by atoms with van der Waals surface area (Å²) in [5, 5.41) is 3.68. The van der Waals surface area contributed by atoms with Crippen LogP contribution in [-0.2, 0) is 7.05 Å². The number of hydrogen-bond donors (Lipinski definition) is 1. The van der Waals surface area contributed by atoms with Gasteiger partial charge in [-0.05, 0) is 50.2 Å². The van der Waals surface area contributed by atoms with E-state index in [1.807, 2.05) is 31.4 Å². The number of carbonyl (C=O) groups excluding carboxylic acids is 1. The van der Waals surface area contributed by atoms with E-state index in [0.29, 0.717) is 12.1 Å². The minimum Gasteiger partial charge on any atom is -0.422 e. The highest BCUT2D eigenvalue weighted by Gasteiger charge is 2.26. The summed E-state index contributed by atoms with van der Waals surface area (Å²) in [6.45, 7) is 2.48. The summed E-state index contributed by atoms with van der Waals surface area (Å²) in [5.74, 6) is -0.395. The molecule has 1 atom stereocenters.